The zero-order chi connectivity index (χ0) is 20.2. The van der Waals surface area contributed by atoms with Gasteiger partial charge in [-0.05, 0) is 18.2 Å². The molecule has 2 rings (SSSR count). The van der Waals surface area contributed by atoms with Gasteiger partial charge in [0.05, 0.1) is 24.2 Å². The van der Waals surface area contributed by atoms with Crippen molar-refractivity contribution >= 4 is 5.97 Å². The second-order valence-electron chi connectivity index (χ2n) is 6.50. The Balaban J connectivity index is 1.94. The summed E-state index contributed by atoms with van der Waals surface area (Å²) in [5.74, 6) is -2.51. The van der Waals surface area contributed by atoms with Gasteiger partial charge in [0.1, 0.15) is 18.5 Å². The number of carboxylic acids is 1. The van der Waals surface area contributed by atoms with Crippen LogP contribution in [0.25, 0.3) is 0 Å². The molecule has 0 spiro atoms. The number of aliphatic carboxylic acids is 1. The van der Waals surface area contributed by atoms with E-state index < -0.39 is 47.9 Å². The summed E-state index contributed by atoms with van der Waals surface area (Å²) in [5, 5.41) is 38.6. The van der Waals surface area contributed by atoms with Crippen molar-refractivity contribution in [3.63, 3.8) is 0 Å². The van der Waals surface area contributed by atoms with Crippen LogP contribution in [0.4, 0.5) is 13.2 Å². The lowest BCUT2D eigenvalue weighted by Crippen LogP contribution is -2.24. The van der Waals surface area contributed by atoms with Gasteiger partial charge in [-0.1, -0.05) is 18.2 Å². The van der Waals surface area contributed by atoms with Crippen molar-refractivity contribution in [2.75, 3.05) is 6.61 Å². The summed E-state index contributed by atoms with van der Waals surface area (Å²) in [7, 11) is 0. The molecule has 9 heteroatoms. The third-order valence-electron chi connectivity index (χ3n) is 4.46. The van der Waals surface area contributed by atoms with E-state index in [9.17, 15) is 33.3 Å². The van der Waals surface area contributed by atoms with Gasteiger partial charge in [0.15, 0.2) is 0 Å². The van der Waals surface area contributed by atoms with E-state index in [1.54, 1.807) is 0 Å². The molecule has 1 aliphatic rings. The highest BCUT2D eigenvalue weighted by Crippen LogP contribution is 2.36. The Labute approximate surface area is 153 Å². The van der Waals surface area contributed by atoms with Crippen molar-refractivity contribution in [3.05, 3.63) is 42.0 Å². The number of aliphatic hydroxyl groups is 3. The van der Waals surface area contributed by atoms with Crippen LogP contribution < -0.4 is 4.74 Å². The number of rotatable bonds is 7. The molecule has 0 heterocycles. The summed E-state index contributed by atoms with van der Waals surface area (Å²) in [5.41, 5.74) is -0.871. The molecule has 6 nitrogen and oxygen atoms in total. The smallest absolute Gasteiger partial charge is 0.416 e. The van der Waals surface area contributed by atoms with E-state index in [4.69, 9.17) is 9.84 Å². The predicted octanol–water partition coefficient (Wildman–Crippen LogP) is 1.83. The van der Waals surface area contributed by atoms with Crippen LogP contribution in [0, 0.1) is 11.8 Å². The van der Waals surface area contributed by atoms with Crippen molar-refractivity contribution in [2.24, 2.45) is 11.8 Å². The molecule has 27 heavy (non-hydrogen) atoms. The summed E-state index contributed by atoms with van der Waals surface area (Å²) in [6.45, 7) is -0.327. The topological polar surface area (TPSA) is 107 Å². The fourth-order valence-corrected chi connectivity index (χ4v) is 3.12. The highest BCUT2D eigenvalue weighted by molar-refractivity contribution is 5.67. The first-order valence-electron chi connectivity index (χ1n) is 8.32. The Bertz CT molecular complexity index is 675. The number of hydrogen-bond acceptors (Lipinski definition) is 5. The molecule has 4 N–H and O–H groups in total. The van der Waals surface area contributed by atoms with Gasteiger partial charge in [-0.15, -0.1) is 0 Å². The fourth-order valence-electron chi connectivity index (χ4n) is 3.12. The molecule has 0 amide bonds. The number of hydrogen-bond donors (Lipinski definition) is 4. The molecule has 0 aromatic heterocycles. The fraction of sp³-hybridized carbons (Fsp3) is 0.500. The van der Waals surface area contributed by atoms with E-state index in [1.807, 2.05) is 0 Å². The van der Waals surface area contributed by atoms with Crippen LogP contribution in [0.5, 0.6) is 5.75 Å². The molecule has 1 unspecified atom stereocenters. The molecule has 0 bridgehead atoms. The maximum atomic E-state index is 12.7. The number of carbonyl (C=O) groups is 1. The number of alkyl halides is 3. The lowest BCUT2D eigenvalue weighted by Gasteiger charge is -2.19. The van der Waals surface area contributed by atoms with E-state index in [-0.39, 0.29) is 25.2 Å². The predicted molar refractivity (Wildman–Crippen MR) is 87.9 cm³/mol. The van der Waals surface area contributed by atoms with E-state index in [2.05, 4.69) is 0 Å². The van der Waals surface area contributed by atoms with Crippen LogP contribution in [0.3, 0.4) is 0 Å². The minimum Gasteiger partial charge on any atom is -0.491 e. The SMILES string of the molecule is O=C(O)C[C@@H]1[C@@H](C=CC(O)COc2cccc(C(F)(F)F)c2)[C@H](O)C[C@@H]1O. The first-order valence-corrected chi connectivity index (χ1v) is 8.32. The summed E-state index contributed by atoms with van der Waals surface area (Å²) in [4.78, 5) is 10.9. The molecule has 1 saturated carbocycles. The molecular weight excluding hydrogens is 369 g/mol. The van der Waals surface area contributed by atoms with Crippen LogP contribution in [0.15, 0.2) is 36.4 Å². The molecule has 1 fully saturated rings. The van der Waals surface area contributed by atoms with Gasteiger partial charge in [0, 0.05) is 18.3 Å². The average Bonchev–Trinajstić information content (AvgIpc) is 2.83. The summed E-state index contributed by atoms with van der Waals surface area (Å²) < 4.78 is 43.1. The molecular formula is C18H21F3O6. The van der Waals surface area contributed by atoms with Gasteiger partial charge in [-0.2, -0.15) is 13.2 Å². The summed E-state index contributed by atoms with van der Waals surface area (Å²) in [6, 6.07) is 4.23. The summed E-state index contributed by atoms with van der Waals surface area (Å²) in [6.07, 6.45) is -5.22. The Morgan fingerprint density at radius 3 is 2.63 bits per heavy atom. The molecule has 5 atom stereocenters. The van der Waals surface area contributed by atoms with Gasteiger partial charge in [0.25, 0.3) is 0 Å². The van der Waals surface area contributed by atoms with Crippen LogP contribution in [-0.2, 0) is 11.0 Å². The Morgan fingerprint density at radius 2 is 2.00 bits per heavy atom. The minimum absolute atomic E-state index is 0.0315. The monoisotopic (exact) mass is 390 g/mol. The van der Waals surface area contributed by atoms with Crippen LogP contribution in [0.1, 0.15) is 18.4 Å². The highest BCUT2D eigenvalue weighted by atomic mass is 19.4. The first-order chi connectivity index (χ1) is 12.6. The van der Waals surface area contributed by atoms with E-state index >= 15 is 0 Å². The van der Waals surface area contributed by atoms with Crippen LogP contribution in [-0.4, -0.2) is 51.3 Å². The van der Waals surface area contributed by atoms with E-state index in [0.717, 1.165) is 12.1 Å². The average molecular weight is 390 g/mol. The van der Waals surface area contributed by atoms with Crippen molar-refractivity contribution in [1.82, 2.24) is 0 Å². The molecule has 150 valence electrons. The molecule has 0 aliphatic heterocycles. The number of carboxylic acid groups (broad SMARTS) is 1. The molecule has 1 aliphatic carbocycles. The van der Waals surface area contributed by atoms with Gasteiger partial charge < -0.3 is 25.2 Å². The second kappa shape index (κ2) is 8.73. The normalized spacial score (nSPS) is 27.0. The van der Waals surface area contributed by atoms with Crippen molar-refractivity contribution in [3.8, 4) is 5.75 Å². The van der Waals surface area contributed by atoms with Gasteiger partial charge in [-0.3, -0.25) is 4.79 Å². The van der Waals surface area contributed by atoms with E-state index in [0.29, 0.717) is 0 Å². The molecule has 1 aromatic rings. The van der Waals surface area contributed by atoms with Crippen molar-refractivity contribution in [2.45, 2.75) is 37.3 Å². The van der Waals surface area contributed by atoms with Crippen LogP contribution >= 0.6 is 0 Å². The Kier molecular flexibility index (Phi) is 6.85. The largest absolute Gasteiger partial charge is 0.491 e. The number of halogens is 3. The maximum Gasteiger partial charge on any atom is 0.416 e. The molecule has 1 aromatic carbocycles. The second-order valence-corrected chi connectivity index (χ2v) is 6.50. The number of ether oxygens (including phenoxy) is 1. The third kappa shape index (κ3) is 5.95. The van der Waals surface area contributed by atoms with Gasteiger partial charge in [0.2, 0.25) is 0 Å². The van der Waals surface area contributed by atoms with Crippen LogP contribution in [0.2, 0.25) is 0 Å². The lowest BCUT2D eigenvalue weighted by molar-refractivity contribution is -0.139. The van der Waals surface area contributed by atoms with Crippen molar-refractivity contribution in [1.29, 1.82) is 0 Å². The lowest BCUT2D eigenvalue weighted by atomic mass is 9.90. The van der Waals surface area contributed by atoms with Gasteiger partial charge in [-0.25, -0.2) is 0 Å². The Morgan fingerprint density at radius 1 is 1.30 bits per heavy atom. The van der Waals surface area contributed by atoms with E-state index in [1.165, 1.54) is 24.3 Å². The third-order valence-corrected chi connectivity index (χ3v) is 4.46. The summed E-state index contributed by atoms with van der Waals surface area (Å²) >= 11 is 0. The van der Waals surface area contributed by atoms with Gasteiger partial charge >= 0.3 is 12.1 Å². The molecule has 0 radical (unpaired) electrons. The minimum atomic E-state index is -4.50. The maximum absolute atomic E-state index is 12.7. The number of aliphatic hydroxyl groups excluding tert-OH is 3. The highest BCUT2D eigenvalue weighted by Gasteiger charge is 2.41. The zero-order valence-electron chi connectivity index (χ0n) is 14.2. The zero-order valence-corrected chi connectivity index (χ0v) is 14.2. The Hall–Kier alpha value is -2.10. The number of benzene rings is 1. The molecule has 0 saturated heterocycles. The van der Waals surface area contributed by atoms with Crippen molar-refractivity contribution < 1.29 is 43.1 Å². The standard InChI is InChI=1S/C18H21F3O6/c19-18(20,21)10-2-1-3-12(6-10)27-9-11(22)4-5-13-14(7-17(25)26)16(24)8-15(13)23/h1-6,11,13-16,22-24H,7-9H2,(H,25,26)/t11?,13-,14-,15-,16+/m1/s1. The first kappa shape index (κ1) is 21.2. The quantitative estimate of drug-likeness (QED) is 0.529.